The molecule has 1 aromatic carbocycles. The second kappa shape index (κ2) is 8.52. The van der Waals surface area contributed by atoms with E-state index in [0.717, 1.165) is 5.56 Å². The molecule has 0 aliphatic rings. The summed E-state index contributed by atoms with van der Waals surface area (Å²) in [7, 11) is 0. The smallest absolute Gasteiger partial charge is 0.319 e. The molecule has 118 valence electrons. The lowest BCUT2D eigenvalue weighted by Gasteiger charge is -2.16. The molecule has 2 atom stereocenters. The number of urea groups is 1. The summed E-state index contributed by atoms with van der Waals surface area (Å²) in [5, 5.41) is 14.9. The Hall–Kier alpha value is -1.75. The lowest BCUT2D eigenvalue weighted by atomic mass is 10.1. The Morgan fingerprint density at radius 3 is 2.71 bits per heavy atom. The van der Waals surface area contributed by atoms with E-state index in [2.05, 4.69) is 10.6 Å². The van der Waals surface area contributed by atoms with Gasteiger partial charge in [0.15, 0.2) is 0 Å². The van der Waals surface area contributed by atoms with Crippen molar-refractivity contribution in [2.45, 2.75) is 40.2 Å². The number of ether oxygens (including phenoxy) is 1. The van der Waals surface area contributed by atoms with Crippen molar-refractivity contribution in [3.8, 4) is 5.75 Å². The highest BCUT2D eigenvalue weighted by molar-refractivity contribution is 5.90. The van der Waals surface area contributed by atoms with Gasteiger partial charge in [0, 0.05) is 6.54 Å². The van der Waals surface area contributed by atoms with Crippen molar-refractivity contribution in [1.82, 2.24) is 5.32 Å². The number of carbonyl (C=O) groups excluding carboxylic acids is 1. The molecule has 2 unspecified atom stereocenters. The summed E-state index contributed by atoms with van der Waals surface area (Å²) >= 11 is 0. The van der Waals surface area contributed by atoms with E-state index in [0.29, 0.717) is 31.0 Å². The summed E-state index contributed by atoms with van der Waals surface area (Å²) < 4.78 is 5.52. The van der Waals surface area contributed by atoms with Crippen LogP contribution in [-0.2, 0) is 0 Å². The predicted octanol–water partition coefficient (Wildman–Crippen LogP) is 2.92. The van der Waals surface area contributed by atoms with Gasteiger partial charge in [-0.3, -0.25) is 0 Å². The second-order valence-corrected chi connectivity index (χ2v) is 5.46. The van der Waals surface area contributed by atoms with Crippen molar-refractivity contribution in [3.05, 3.63) is 23.8 Å². The molecule has 0 saturated heterocycles. The van der Waals surface area contributed by atoms with Crippen molar-refractivity contribution in [2.24, 2.45) is 5.92 Å². The molecular weight excluding hydrogens is 268 g/mol. The van der Waals surface area contributed by atoms with Gasteiger partial charge in [-0.15, -0.1) is 0 Å². The van der Waals surface area contributed by atoms with Crippen LogP contribution in [0.2, 0.25) is 0 Å². The van der Waals surface area contributed by atoms with E-state index in [1.165, 1.54) is 0 Å². The zero-order valence-electron chi connectivity index (χ0n) is 13.3. The third-order valence-corrected chi connectivity index (χ3v) is 3.04. The number of aliphatic hydroxyl groups excluding tert-OH is 1. The first-order valence-corrected chi connectivity index (χ1v) is 7.38. The van der Waals surface area contributed by atoms with Crippen molar-refractivity contribution < 1.29 is 14.6 Å². The first kappa shape index (κ1) is 17.3. The molecule has 0 aliphatic carbocycles. The van der Waals surface area contributed by atoms with Crippen molar-refractivity contribution >= 4 is 11.7 Å². The van der Waals surface area contributed by atoms with Crippen LogP contribution in [0.15, 0.2) is 18.2 Å². The number of carbonyl (C=O) groups is 1. The maximum atomic E-state index is 11.9. The van der Waals surface area contributed by atoms with Gasteiger partial charge in [-0.05, 0) is 50.8 Å². The average Bonchev–Trinajstić information content (AvgIpc) is 2.39. The number of hydrogen-bond donors (Lipinski definition) is 3. The molecule has 0 aromatic heterocycles. The molecule has 0 aliphatic heterocycles. The minimum atomic E-state index is -0.355. The summed E-state index contributed by atoms with van der Waals surface area (Å²) in [4.78, 5) is 11.9. The van der Waals surface area contributed by atoms with Crippen LogP contribution in [0.4, 0.5) is 10.5 Å². The van der Waals surface area contributed by atoms with Gasteiger partial charge < -0.3 is 20.5 Å². The van der Waals surface area contributed by atoms with E-state index in [9.17, 15) is 9.90 Å². The number of aryl methyl sites for hydroxylation is 1. The maximum Gasteiger partial charge on any atom is 0.319 e. The van der Waals surface area contributed by atoms with Crippen LogP contribution in [0.3, 0.4) is 0 Å². The second-order valence-electron chi connectivity index (χ2n) is 5.46. The molecule has 0 saturated carbocycles. The van der Waals surface area contributed by atoms with Gasteiger partial charge in [0.1, 0.15) is 5.75 Å². The monoisotopic (exact) mass is 294 g/mol. The lowest BCUT2D eigenvalue weighted by molar-refractivity contribution is 0.163. The van der Waals surface area contributed by atoms with Gasteiger partial charge in [0.2, 0.25) is 0 Å². The number of aliphatic hydroxyl groups is 1. The van der Waals surface area contributed by atoms with E-state index < -0.39 is 0 Å². The predicted molar refractivity (Wildman–Crippen MR) is 84.8 cm³/mol. The van der Waals surface area contributed by atoms with Gasteiger partial charge in [0.05, 0.1) is 18.4 Å². The van der Waals surface area contributed by atoms with Crippen LogP contribution in [-0.4, -0.2) is 30.4 Å². The van der Waals surface area contributed by atoms with Crippen molar-refractivity contribution in [3.63, 3.8) is 0 Å². The minimum Gasteiger partial charge on any atom is -0.492 e. The molecule has 1 aromatic rings. The van der Waals surface area contributed by atoms with Crippen molar-refractivity contribution in [2.75, 3.05) is 18.5 Å². The Morgan fingerprint density at radius 2 is 2.10 bits per heavy atom. The molecule has 0 radical (unpaired) electrons. The van der Waals surface area contributed by atoms with E-state index in [1.54, 1.807) is 6.92 Å². The molecule has 0 heterocycles. The molecule has 5 heteroatoms. The van der Waals surface area contributed by atoms with Gasteiger partial charge in [-0.25, -0.2) is 4.79 Å². The molecule has 0 spiro atoms. The van der Waals surface area contributed by atoms with Crippen LogP contribution < -0.4 is 15.4 Å². The Bertz CT molecular complexity index is 461. The first-order chi connectivity index (χ1) is 9.92. The van der Waals surface area contributed by atoms with E-state index in [4.69, 9.17) is 4.74 Å². The fourth-order valence-electron chi connectivity index (χ4n) is 2.11. The van der Waals surface area contributed by atoms with Gasteiger partial charge >= 0.3 is 6.03 Å². The third kappa shape index (κ3) is 6.49. The number of hydrogen-bond acceptors (Lipinski definition) is 3. The quantitative estimate of drug-likeness (QED) is 0.724. The van der Waals surface area contributed by atoms with Crippen molar-refractivity contribution in [1.29, 1.82) is 0 Å². The standard InChI is InChI=1S/C16H26N2O3/c1-5-21-15-9-11(2)6-7-14(15)18-16(20)17-10-12(3)8-13(4)19/h6-7,9,12-13,19H,5,8,10H2,1-4H3,(H2,17,18,20). The summed E-state index contributed by atoms with van der Waals surface area (Å²) in [6.07, 6.45) is 0.307. The first-order valence-electron chi connectivity index (χ1n) is 7.38. The lowest BCUT2D eigenvalue weighted by Crippen LogP contribution is -2.33. The fourth-order valence-corrected chi connectivity index (χ4v) is 2.11. The number of nitrogens with one attached hydrogen (secondary N) is 2. The Morgan fingerprint density at radius 1 is 1.38 bits per heavy atom. The maximum absolute atomic E-state index is 11.9. The van der Waals surface area contributed by atoms with Crippen LogP contribution >= 0.6 is 0 Å². The van der Waals surface area contributed by atoms with Crippen LogP contribution in [0, 0.1) is 12.8 Å². The summed E-state index contributed by atoms with van der Waals surface area (Å²) in [5.74, 6) is 0.893. The molecule has 0 bridgehead atoms. The van der Waals surface area contributed by atoms with E-state index in [1.807, 2.05) is 39.0 Å². The summed E-state index contributed by atoms with van der Waals surface area (Å²) in [6.45, 7) is 8.69. The minimum absolute atomic E-state index is 0.222. The molecular formula is C16H26N2O3. The summed E-state index contributed by atoms with van der Waals surface area (Å²) in [6, 6.07) is 5.39. The SMILES string of the molecule is CCOc1cc(C)ccc1NC(=O)NCC(C)CC(C)O. The Kier molecular flexibility index (Phi) is 7.02. The molecule has 2 amide bonds. The average molecular weight is 294 g/mol. The number of rotatable bonds is 7. The molecule has 5 nitrogen and oxygen atoms in total. The van der Waals surface area contributed by atoms with E-state index >= 15 is 0 Å². The molecule has 3 N–H and O–H groups in total. The Labute approximate surface area is 126 Å². The zero-order valence-corrected chi connectivity index (χ0v) is 13.3. The Balaban J connectivity index is 2.54. The van der Waals surface area contributed by atoms with E-state index in [-0.39, 0.29) is 18.1 Å². The number of benzene rings is 1. The summed E-state index contributed by atoms with van der Waals surface area (Å²) in [5.41, 5.74) is 1.73. The largest absolute Gasteiger partial charge is 0.492 e. The van der Waals surface area contributed by atoms with Gasteiger partial charge in [0.25, 0.3) is 0 Å². The molecule has 21 heavy (non-hydrogen) atoms. The van der Waals surface area contributed by atoms with Crippen LogP contribution in [0.1, 0.15) is 32.8 Å². The number of anilines is 1. The fraction of sp³-hybridized carbons (Fsp3) is 0.562. The highest BCUT2D eigenvalue weighted by Gasteiger charge is 2.10. The number of amides is 2. The van der Waals surface area contributed by atoms with Gasteiger partial charge in [-0.1, -0.05) is 13.0 Å². The van der Waals surface area contributed by atoms with Crippen LogP contribution in [0.25, 0.3) is 0 Å². The topological polar surface area (TPSA) is 70.6 Å². The van der Waals surface area contributed by atoms with Crippen LogP contribution in [0.5, 0.6) is 5.75 Å². The molecule has 1 rings (SSSR count). The highest BCUT2D eigenvalue weighted by atomic mass is 16.5. The zero-order chi connectivity index (χ0) is 15.8. The molecule has 0 fully saturated rings. The third-order valence-electron chi connectivity index (χ3n) is 3.04. The highest BCUT2D eigenvalue weighted by Crippen LogP contribution is 2.25. The normalized spacial score (nSPS) is 13.4. The van der Waals surface area contributed by atoms with Gasteiger partial charge in [-0.2, -0.15) is 0 Å².